The summed E-state index contributed by atoms with van der Waals surface area (Å²) >= 11 is 0. The van der Waals surface area contributed by atoms with Crippen LogP contribution in [-0.4, -0.2) is 46.2 Å². The zero-order chi connectivity index (χ0) is 13.9. The second-order valence-corrected chi connectivity index (χ2v) is 4.86. The van der Waals surface area contributed by atoms with Gasteiger partial charge in [0.15, 0.2) is 0 Å². The monoisotopic (exact) mass is 265 g/mol. The number of hydrogen-bond acceptors (Lipinski definition) is 5. The predicted octanol–water partition coefficient (Wildman–Crippen LogP) is 0.468. The standard InChI is InChI=1S/C13H19N3O3/c1-2-19-11-4-3-10(7-15-11)8-16-6-5-13(14,9-16)12(17)18/h3-4,7H,2,5-6,8-9,14H2,1H3,(H,17,18). The number of aromatic nitrogens is 1. The summed E-state index contributed by atoms with van der Waals surface area (Å²) in [5.41, 5.74) is 5.75. The van der Waals surface area contributed by atoms with Gasteiger partial charge in [0, 0.05) is 31.9 Å². The van der Waals surface area contributed by atoms with Crippen molar-refractivity contribution in [2.45, 2.75) is 25.4 Å². The highest BCUT2D eigenvalue weighted by molar-refractivity contribution is 5.79. The van der Waals surface area contributed by atoms with E-state index in [4.69, 9.17) is 15.6 Å². The number of hydrogen-bond donors (Lipinski definition) is 2. The summed E-state index contributed by atoms with van der Waals surface area (Å²) in [5.74, 6) is -0.328. The highest BCUT2D eigenvalue weighted by Gasteiger charge is 2.40. The van der Waals surface area contributed by atoms with Gasteiger partial charge in [-0.15, -0.1) is 0 Å². The Morgan fingerprint density at radius 1 is 1.63 bits per heavy atom. The number of nitrogens with zero attached hydrogens (tertiary/aromatic N) is 2. The van der Waals surface area contributed by atoms with E-state index in [1.165, 1.54) is 0 Å². The summed E-state index contributed by atoms with van der Waals surface area (Å²) in [6, 6.07) is 3.76. The molecule has 0 aromatic carbocycles. The summed E-state index contributed by atoms with van der Waals surface area (Å²) in [6.07, 6.45) is 2.23. The van der Waals surface area contributed by atoms with Gasteiger partial charge in [0.2, 0.25) is 5.88 Å². The van der Waals surface area contributed by atoms with Gasteiger partial charge in [0.05, 0.1) is 6.61 Å². The molecule has 1 aliphatic heterocycles. The maximum Gasteiger partial charge on any atom is 0.325 e. The summed E-state index contributed by atoms with van der Waals surface area (Å²) in [5, 5.41) is 9.07. The lowest BCUT2D eigenvalue weighted by Crippen LogP contribution is -2.50. The van der Waals surface area contributed by atoms with Gasteiger partial charge in [-0.3, -0.25) is 9.69 Å². The highest BCUT2D eigenvalue weighted by Crippen LogP contribution is 2.21. The molecule has 104 valence electrons. The number of nitrogens with two attached hydrogens (primary N) is 1. The van der Waals surface area contributed by atoms with Crippen molar-refractivity contribution in [2.75, 3.05) is 19.7 Å². The number of ether oxygens (including phenoxy) is 1. The number of rotatable bonds is 5. The fourth-order valence-corrected chi connectivity index (χ4v) is 2.22. The van der Waals surface area contributed by atoms with Crippen LogP contribution in [0.15, 0.2) is 18.3 Å². The number of pyridine rings is 1. The largest absolute Gasteiger partial charge is 0.480 e. The third kappa shape index (κ3) is 3.21. The Bertz CT molecular complexity index is 449. The number of carboxylic acids is 1. The van der Waals surface area contributed by atoms with Crippen molar-refractivity contribution in [2.24, 2.45) is 5.73 Å². The molecule has 1 aromatic rings. The van der Waals surface area contributed by atoms with E-state index in [2.05, 4.69) is 4.98 Å². The van der Waals surface area contributed by atoms with Gasteiger partial charge in [-0.05, 0) is 18.9 Å². The maximum absolute atomic E-state index is 11.1. The van der Waals surface area contributed by atoms with Crippen LogP contribution in [0.2, 0.25) is 0 Å². The third-order valence-corrected chi connectivity index (χ3v) is 3.30. The molecule has 0 radical (unpaired) electrons. The first-order valence-electron chi connectivity index (χ1n) is 6.36. The Morgan fingerprint density at radius 3 is 2.95 bits per heavy atom. The quantitative estimate of drug-likeness (QED) is 0.804. The minimum atomic E-state index is -1.11. The molecule has 1 aliphatic rings. The highest BCUT2D eigenvalue weighted by atomic mass is 16.5. The molecule has 0 aliphatic carbocycles. The second-order valence-electron chi connectivity index (χ2n) is 4.86. The Hall–Kier alpha value is -1.66. The van der Waals surface area contributed by atoms with Crippen LogP contribution in [0.1, 0.15) is 18.9 Å². The normalized spacial score (nSPS) is 23.5. The number of aliphatic carboxylic acids is 1. The fraction of sp³-hybridized carbons (Fsp3) is 0.538. The van der Waals surface area contributed by atoms with Crippen LogP contribution < -0.4 is 10.5 Å². The van der Waals surface area contributed by atoms with E-state index < -0.39 is 11.5 Å². The number of carboxylic acid groups (broad SMARTS) is 1. The maximum atomic E-state index is 11.1. The van der Waals surface area contributed by atoms with Gasteiger partial charge in [-0.1, -0.05) is 6.07 Å². The minimum absolute atomic E-state index is 0.371. The summed E-state index contributed by atoms with van der Waals surface area (Å²) < 4.78 is 5.27. The molecule has 3 N–H and O–H groups in total. The van der Waals surface area contributed by atoms with E-state index in [1.807, 2.05) is 24.0 Å². The average molecular weight is 265 g/mol. The molecule has 19 heavy (non-hydrogen) atoms. The van der Waals surface area contributed by atoms with Gasteiger partial charge in [0.1, 0.15) is 5.54 Å². The van der Waals surface area contributed by atoms with Crippen molar-refractivity contribution in [3.63, 3.8) is 0 Å². The summed E-state index contributed by atoms with van der Waals surface area (Å²) in [4.78, 5) is 17.3. The lowest BCUT2D eigenvalue weighted by atomic mass is 10.0. The van der Waals surface area contributed by atoms with Crippen LogP contribution in [0.4, 0.5) is 0 Å². The summed E-state index contributed by atoms with van der Waals surface area (Å²) in [7, 11) is 0. The molecule has 6 heteroatoms. The molecule has 6 nitrogen and oxygen atoms in total. The van der Waals surface area contributed by atoms with Gasteiger partial charge < -0.3 is 15.6 Å². The van der Waals surface area contributed by atoms with Crippen LogP contribution >= 0.6 is 0 Å². The molecule has 1 unspecified atom stereocenters. The molecule has 0 saturated carbocycles. The lowest BCUT2D eigenvalue weighted by molar-refractivity contribution is -0.142. The van der Waals surface area contributed by atoms with E-state index in [1.54, 1.807) is 6.20 Å². The number of carbonyl (C=O) groups is 1. The van der Waals surface area contributed by atoms with Crippen LogP contribution in [0.25, 0.3) is 0 Å². The molecular formula is C13H19N3O3. The Morgan fingerprint density at radius 2 is 2.42 bits per heavy atom. The van der Waals surface area contributed by atoms with Crippen LogP contribution in [-0.2, 0) is 11.3 Å². The van der Waals surface area contributed by atoms with Gasteiger partial charge in [-0.2, -0.15) is 0 Å². The van der Waals surface area contributed by atoms with Gasteiger partial charge >= 0.3 is 5.97 Å². The van der Waals surface area contributed by atoms with Gasteiger partial charge in [0.25, 0.3) is 0 Å². The van der Waals surface area contributed by atoms with Crippen molar-refractivity contribution >= 4 is 5.97 Å². The average Bonchev–Trinajstić information content (AvgIpc) is 2.75. The Balaban J connectivity index is 1.94. The lowest BCUT2D eigenvalue weighted by Gasteiger charge is -2.19. The smallest absolute Gasteiger partial charge is 0.325 e. The first-order valence-corrected chi connectivity index (χ1v) is 6.36. The molecule has 0 spiro atoms. The number of likely N-dealkylation sites (tertiary alicyclic amines) is 1. The van der Waals surface area contributed by atoms with Crippen LogP contribution in [0.3, 0.4) is 0 Å². The van der Waals surface area contributed by atoms with Crippen molar-refractivity contribution in [3.8, 4) is 5.88 Å². The van der Waals surface area contributed by atoms with E-state index in [9.17, 15) is 4.79 Å². The zero-order valence-electron chi connectivity index (χ0n) is 11.0. The second kappa shape index (κ2) is 5.54. The molecule has 1 saturated heterocycles. The first kappa shape index (κ1) is 13.8. The van der Waals surface area contributed by atoms with E-state index in [0.29, 0.717) is 38.5 Å². The van der Waals surface area contributed by atoms with Crippen LogP contribution in [0, 0.1) is 0 Å². The third-order valence-electron chi connectivity index (χ3n) is 3.30. The minimum Gasteiger partial charge on any atom is -0.480 e. The predicted molar refractivity (Wildman–Crippen MR) is 69.9 cm³/mol. The van der Waals surface area contributed by atoms with E-state index in [0.717, 1.165) is 5.56 Å². The fourth-order valence-electron chi connectivity index (χ4n) is 2.22. The zero-order valence-corrected chi connectivity index (χ0v) is 11.0. The van der Waals surface area contributed by atoms with Crippen molar-refractivity contribution in [3.05, 3.63) is 23.9 Å². The van der Waals surface area contributed by atoms with E-state index in [-0.39, 0.29) is 0 Å². The Labute approximate surface area is 112 Å². The molecule has 2 heterocycles. The van der Waals surface area contributed by atoms with E-state index >= 15 is 0 Å². The molecule has 2 rings (SSSR count). The molecule has 1 fully saturated rings. The summed E-state index contributed by atoms with van der Waals surface area (Å²) in [6.45, 7) is 4.22. The molecule has 1 aromatic heterocycles. The molecule has 1 atom stereocenters. The topological polar surface area (TPSA) is 88.7 Å². The van der Waals surface area contributed by atoms with Crippen molar-refractivity contribution < 1.29 is 14.6 Å². The molecule has 0 amide bonds. The van der Waals surface area contributed by atoms with Crippen molar-refractivity contribution in [1.29, 1.82) is 0 Å². The first-order chi connectivity index (χ1) is 9.03. The SMILES string of the molecule is CCOc1ccc(CN2CCC(N)(C(=O)O)C2)cn1. The van der Waals surface area contributed by atoms with Gasteiger partial charge in [-0.25, -0.2) is 4.98 Å². The van der Waals surface area contributed by atoms with Crippen LogP contribution in [0.5, 0.6) is 5.88 Å². The molecule has 0 bridgehead atoms. The van der Waals surface area contributed by atoms with Crippen molar-refractivity contribution in [1.82, 2.24) is 9.88 Å². The molecular weight excluding hydrogens is 246 g/mol. The Kier molecular flexibility index (Phi) is 4.01.